The molecule has 0 radical (unpaired) electrons. The number of carbonyl (C=O) groups is 1. The van der Waals surface area contributed by atoms with E-state index in [1.807, 2.05) is 20.8 Å². The van der Waals surface area contributed by atoms with E-state index in [0.717, 1.165) is 0 Å². The molecule has 4 heteroatoms. The second kappa shape index (κ2) is 4.73. The molecule has 0 aromatic carbocycles. The monoisotopic (exact) mass is 184 g/mol. The van der Waals surface area contributed by atoms with Gasteiger partial charge in [-0.1, -0.05) is 26.7 Å². The molecule has 74 valence electrons. The number of hydroxylamine groups is 1. The molecule has 0 aliphatic rings. The van der Waals surface area contributed by atoms with E-state index in [1.54, 1.807) is 0 Å². The molecule has 0 rings (SSSR count). The van der Waals surface area contributed by atoms with E-state index in [-0.39, 0.29) is 11.5 Å². The summed E-state index contributed by atoms with van der Waals surface area (Å²) in [5.74, 6) is 2.50. The predicted octanol–water partition coefficient (Wildman–Crippen LogP) is 0.895. The Morgan fingerprint density at radius 3 is 2.38 bits per heavy atom. The maximum absolute atomic E-state index is 11.0. The lowest BCUT2D eigenvalue weighted by Gasteiger charge is -2.26. The molecule has 0 saturated heterocycles. The number of hydrogen-bond acceptors (Lipinski definition) is 2. The summed E-state index contributed by atoms with van der Waals surface area (Å²) in [6, 6.07) is -0.747. The van der Waals surface area contributed by atoms with Crippen molar-refractivity contribution >= 4 is 6.03 Å². The molecule has 0 spiro atoms. The van der Waals surface area contributed by atoms with Gasteiger partial charge in [0.25, 0.3) is 0 Å². The summed E-state index contributed by atoms with van der Waals surface area (Å²) in [6.07, 6.45) is 5.27. The van der Waals surface area contributed by atoms with Crippen molar-refractivity contribution < 1.29 is 9.63 Å². The van der Waals surface area contributed by atoms with E-state index in [4.69, 9.17) is 6.42 Å². The average molecular weight is 184 g/mol. The van der Waals surface area contributed by atoms with Crippen molar-refractivity contribution in [2.24, 2.45) is 5.41 Å². The summed E-state index contributed by atoms with van der Waals surface area (Å²) in [5, 5.41) is 2.60. The molecule has 1 atom stereocenters. The normalized spacial score (nSPS) is 12.8. The maximum Gasteiger partial charge on any atom is 0.339 e. The van der Waals surface area contributed by atoms with Gasteiger partial charge >= 0.3 is 6.03 Å². The van der Waals surface area contributed by atoms with Crippen LogP contribution in [0.2, 0.25) is 0 Å². The lowest BCUT2D eigenvalue weighted by molar-refractivity contribution is 0.104. The SMILES string of the molecule is C#CC(NC(=O)NOC)C(C)(C)C. The average Bonchev–Trinajstić information content (AvgIpc) is 1.98. The van der Waals surface area contributed by atoms with Crippen LogP contribution in [-0.2, 0) is 4.84 Å². The first-order valence-electron chi connectivity index (χ1n) is 3.97. The van der Waals surface area contributed by atoms with Gasteiger partial charge in [0.2, 0.25) is 0 Å². The Kier molecular flexibility index (Phi) is 4.29. The summed E-state index contributed by atoms with van der Waals surface area (Å²) in [7, 11) is 1.36. The van der Waals surface area contributed by atoms with Gasteiger partial charge < -0.3 is 5.32 Å². The van der Waals surface area contributed by atoms with Crippen molar-refractivity contribution in [2.75, 3.05) is 7.11 Å². The Labute approximate surface area is 79.0 Å². The Bertz CT molecular complexity index is 213. The van der Waals surface area contributed by atoms with E-state index in [9.17, 15) is 4.79 Å². The van der Waals surface area contributed by atoms with Gasteiger partial charge in [-0.15, -0.1) is 6.42 Å². The van der Waals surface area contributed by atoms with Crippen LogP contribution < -0.4 is 10.8 Å². The van der Waals surface area contributed by atoms with Crippen LogP contribution in [0.15, 0.2) is 0 Å². The lowest BCUT2D eigenvalue weighted by Crippen LogP contribution is -2.46. The summed E-state index contributed by atoms with van der Waals surface area (Å²) in [6.45, 7) is 5.85. The predicted molar refractivity (Wildman–Crippen MR) is 50.8 cm³/mol. The molecule has 0 aromatic rings. The molecular formula is C9H16N2O2. The van der Waals surface area contributed by atoms with Crippen molar-refractivity contribution in [3.05, 3.63) is 0 Å². The van der Waals surface area contributed by atoms with Crippen molar-refractivity contribution in [3.63, 3.8) is 0 Å². The number of carbonyl (C=O) groups excluding carboxylic acids is 1. The quantitative estimate of drug-likeness (QED) is 0.494. The highest BCUT2D eigenvalue weighted by Crippen LogP contribution is 2.18. The van der Waals surface area contributed by atoms with Crippen LogP contribution in [0.25, 0.3) is 0 Å². The topological polar surface area (TPSA) is 50.4 Å². The Hall–Kier alpha value is -1.21. The van der Waals surface area contributed by atoms with Gasteiger partial charge in [-0.2, -0.15) is 0 Å². The summed E-state index contributed by atoms with van der Waals surface area (Å²) in [5.41, 5.74) is 1.97. The van der Waals surface area contributed by atoms with Gasteiger partial charge in [-0.25, -0.2) is 10.3 Å². The van der Waals surface area contributed by atoms with Crippen LogP contribution >= 0.6 is 0 Å². The van der Waals surface area contributed by atoms with Crippen molar-refractivity contribution in [1.29, 1.82) is 0 Å². The lowest BCUT2D eigenvalue weighted by atomic mass is 9.87. The first-order chi connectivity index (χ1) is 5.91. The van der Waals surface area contributed by atoms with Gasteiger partial charge in [0.05, 0.1) is 13.2 Å². The van der Waals surface area contributed by atoms with Gasteiger partial charge in [-0.3, -0.25) is 4.84 Å². The van der Waals surface area contributed by atoms with Gasteiger partial charge in [0.1, 0.15) is 0 Å². The Balaban J connectivity index is 4.17. The third-order valence-corrected chi connectivity index (χ3v) is 1.50. The first kappa shape index (κ1) is 11.8. The van der Waals surface area contributed by atoms with Crippen molar-refractivity contribution in [3.8, 4) is 12.3 Å². The van der Waals surface area contributed by atoms with E-state index in [2.05, 4.69) is 21.6 Å². The zero-order valence-electron chi connectivity index (χ0n) is 8.47. The highest BCUT2D eigenvalue weighted by Gasteiger charge is 2.23. The minimum atomic E-state index is -0.430. The van der Waals surface area contributed by atoms with Crippen LogP contribution in [0, 0.1) is 17.8 Å². The molecular weight excluding hydrogens is 168 g/mol. The van der Waals surface area contributed by atoms with E-state index in [0.29, 0.717) is 0 Å². The second-order valence-electron chi connectivity index (χ2n) is 3.75. The minimum absolute atomic E-state index is 0.167. The number of amides is 2. The zero-order chi connectivity index (χ0) is 10.5. The number of nitrogens with one attached hydrogen (secondary N) is 2. The number of hydrogen-bond donors (Lipinski definition) is 2. The second-order valence-corrected chi connectivity index (χ2v) is 3.75. The molecule has 2 amide bonds. The summed E-state index contributed by atoms with van der Waals surface area (Å²) < 4.78 is 0. The molecule has 0 aliphatic heterocycles. The third-order valence-electron chi connectivity index (χ3n) is 1.50. The van der Waals surface area contributed by atoms with Crippen LogP contribution in [0.4, 0.5) is 4.79 Å². The molecule has 13 heavy (non-hydrogen) atoms. The summed E-state index contributed by atoms with van der Waals surface area (Å²) in [4.78, 5) is 15.4. The van der Waals surface area contributed by atoms with E-state index >= 15 is 0 Å². The molecule has 2 N–H and O–H groups in total. The van der Waals surface area contributed by atoms with E-state index < -0.39 is 6.03 Å². The molecule has 0 aromatic heterocycles. The van der Waals surface area contributed by atoms with Gasteiger partial charge in [0.15, 0.2) is 0 Å². The zero-order valence-corrected chi connectivity index (χ0v) is 8.47. The highest BCUT2D eigenvalue weighted by molar-refractivity contribution is 5.73. The first-order valence-corrected chi connectivity index (χ1v) is 3.97. The standard InChI is InChI=1S/C9H16N2O2/c1-6-7(9(2,3)4)10-8(12)11-13-5/h1,7H,2-5H3,(H2,10,11,12). The fourth-order valence-electron chi connectivity index (χ4n) is 0.761. The molecule has 0 fully saturated rings. The maximum atomic E-state index is 11.0. The minimum Gasteiger partial charge on any atom is -0.322 e. The van der Waals surface area contributed by atoms with Crippen LogP contribution in [0.5, 0.6) is 0 Å². The summed E-state index contributed by atoms with van der Waals surface area (Å²) >= 11 is 0. The van der Waals surface area contributed by atoms with Crippen LogP contribution in [0.3, 0.4) is 0 Å². The van der Waals surface area contributed by atoms with Gasteiger partial charge in [-0.05, 0) is 5.41 Å². The molecule has 0 bridgehead atoms. The van der Waals surface area contributed by atoms with E-state index in [1.165, 1.54) is 7.11 Å². The van der Waals surface area contributed by atoms with Crippen molar-refractivity contribution in [2.45, 2.75) is 26.8 Å². The van der Waals surface area contributed by atoms with Crippen molar-refractivity contribution in [1.82, 2.24) is 10.8 Å². The largest absolute Gasteiger partial charge is 0.339 e. The molecule has 0 saturated carbocycles. The third kappa shape index (κ3) is 4.38. The van der Waals surface area contributed by atoms with Gasteiger partial charge in [0, 0.05) is 0 Å². The Morgan fingerprint density at radius 1 is 1.54 bits per heavy atom. The fraction of sp³-hybridized carbons (Fsp3) is 0.667. The Morgan fingerprint density at radius 2 is 2.08 bits per heavy atom. The number of terminal acetylenes is 1. The molecule has 1 unspecified atom stereocenters. The number of rotatable bonds is 2. The van der Waals surface area contributed by atoms with Crippen LogP contribution in [0.1, 0.15) is 20.8 Å². The fourth-order valence-corrected chi connectivity index (χ4v) is 0.761. The smallest absolute Gasteiger partial charge is 0.322 e. The molecule has 0 aliphatic carbocycles. The number of urea groups is 1. The molecule has 0 heterocycles. The van der Waals surface area contributed by atoms with Crippen LogP contribution in [-0.4, -0.2) is 19.2 Å². The highest BCUT2D eigenvalue weighted by atomic mass is 16.6. The molecule has 4 nitrogen and oxygen atoms in total.